The Balaban J connectivity index is 0.00000272. The van der Waals surface area contributed by atoms with Gasteiger partial charge in [0.25, 0.3) is 0 Å². The number of aliphatic hydroxyl groups is 1. The summed E-state index contributed by atoms with van der Waals surface area (Å²) in [5, 5.41) is 24.4. The van der Waals surface area contributed by atoms with E-state index in [0.29, 0.717) is 22.3 Å². The molecule has 1 saturated heterocycles. The first kappa shape index (κ1) is 24.7. The van der Waals surface area contributed by atoms with Gasteiger partial charge in [-0.2, -0.15) is 0 Å². The van der Waals surface area contributed by atoms with Gasteiger partial charge >= 0.3 is 29.6 Å². The number of aliphatic carboxylic acids is 1. The van der Waals surface area contributed by atoms with Gasteiger partial charge in [0.2, 0.25) is 11.8 Å². The summed E-state index contributed by atoms with van der Waals surface area (Å²) in [4.78, 5) is 45.5. The fourth-order valence-electron chi connectivity index (χ4n) is 4.43. The zero-order chi connectivity index (χ0) is 21.7. The van der Waals surface area contributed by atoms with Crippen molar-refractivity contribution in [3.8, 4) is 0 Å². The van der Waals surface area contributed by atoms with E-state index in [-0.39, 0.29) is 59.0 Å². The van der Waals surface area contributed by atoms with Gasteiger partial charge in [-0.1, -0.05) is 18.7 Å². The predicted octanol–water partition coefficient (Wildman–Crippen LogP) is -3.84. The molecule has 0 spiro atoms. The summed E-state index contributed by atoms with van der Waals surface area (Å²) < 4.78 is 0.714. The van der Waals surface area contributed by atoms with Crippen molar-refractivity contribution in [3.63, 3.8) is 0 Å². The van der Waals surface area contributed by atoms with Crippen LogP contribution in [0.5, 0.6) is 0 Å². The Morgan fingerprint density at radius 1 is 1.45 bits per heavy atom. The first-order valence-corrected chi connectivity index (χ1v) is 11.4. The Hall–Kier alpha value is -0.950. The van der Waals surface area contributed by atoms with E-state index in [0.717, 1.165) is 23.5 Å². The van der Waals surface area contributed by atoms with Crippen molar-refractivity contribution in [3.05, 3.63) is 21.2 Å². The minimum absolute atomic E-state index is 0. The third kappa shape index (κ3) is 4.33. The summed E-state index contributed by atoms with van der Waals surface area (Å²) in [6.07, 6.45) is -0.0591. The van der Waals surface area contributed by atoms with Crippen LogP contribution in [0.3, 0.4) is 0 Å². The SMILES string of the molecule is CNC(=O)CN1CCc2sc(SC3=C(C(=O)[O-])N4C(=O)C(C(C)O)C4C3C)nc2C1.[Na+]. The second kappa shape index (κ2) is 9.50. The standard InChI is InChI=1S/C19H24N4O5S2.Na/c1-8-14-13(9(2)24)17(26)23(14)15(18(27)28)16(8)30-19-21-10-6-22(7-12(25)20-3)5-4-11(10)29-19;/h8-9,13-14,24H,4-7H2,1-3H3,(H,20,25)(H,27,28);/q;+1/p-1. The largest absolute Gasteiger partial charge is 1.00 e. The molecule has 0 bridgehead atoms. The van der Waals surface area contributed by atoms with Crippen LogP contribution in [0.2, 0.25) is 0 Å². The number of thiazole rings is 1. The molecule has 1 fully saturated rings. The number of hydrogen-bond acceptors (Lipinski definition) is 9. The maximum atomic E-state index is 12.4. The van der Waals surface area contributed by atoms with E-state index in [9.17, 15) is 24.6 Å². The first-order valence-electron chi connectivity index (χ1n) is 9.79. The van der Waals surface area contributed by atoms with Crippen molar-refractivity contribution in [1.82, 2.24) is 20.1 Å². The summed E-state index contributed by atoms with van der Waals surface area (Å²) in [7, 11) is 1.61. The van der Waals surface area contributed by atoms with E-state index in [1.54, 1.807) is 14.0 Å². The Kier molecular flexibility index (Phi) is 7.57. The summed E-state index contributed by atoms with van der Waals surface area (Å²) in [6.45, 7) is 5.06. The van der Waals surface area contributed by atoms with Crippen LogP contribution in [0.4, 0.5) is 0 Å². The van der Waals surface area contributed by atoms with Crippen molar-refractivity contribution in [2.24, 2.45) is 11.8 Å². The number of likely N-dealkylation sites (N-methyl/N-ethyl adjacent to an activating group) is 1. The normalized spacial score (nSPS) is 26.0. The number of rotatable bonds is 6. The summed E-state index contributed by atoms with van der Waals surface area (Å²) in [5.74, 6) is -2.64. The van der Waals surface area contributed by atoms with Gasteiger partial charge in [-0.25, -0.2) is 4.98 Å². The zero-order valence-electron chi connectivity index (χ0n) is 17.9. The summed E-state index contributed by atoms with van der Waals surface area (Å²) in [6, 6.07) is -0.370. The first-order chi connectivity index (χ1) is 14.2. The van der Waals surface area contributed by atoms with Gasteiger partial charge in [-0.15, -0.1) is 11.3 Å². The van der Waals surface area contributed by atoms with Crippen LogP contribution >= 0.6 is 23.1 Å². The van der Waals surface area contributed by atoms with Gasteiger partial charge in [0.15, 0.2) is 4.34 Å². The molecule has 9 nitrogen and oxygen atoms in total. The third-order valence-electron chi connectivity index (χ3n) is 5.93. The molecule has 4 rings (SSSR count). The van der Waals surface area contributed by atoms with Gasteiger partial charge in [-0.3, -0.25) is 14.5 Å². The molecule has 1 aromatic heterocycles. The molecule has 0 radical (unpaired) electrons. The number of nitrogens with one attached hydrogen (secondary N) is 1. The minimum atomic E-state index is -1.39. The van der Waals surface area contributed by atoms with Gasteiger partial charge in [0.05, 0.1) is 42.0 Å². The topological polar surface area (TPSA) is 126 Å². The van der Waals surface area contributed by atoms with Crippen molar-refractivity contribution in [1.29, 1.82) is 0 Å². The Bertz CT molecular complexity index is 950. The van der Waals surface area contributed by atoms with Crippen molar-refractivity contribution in [2.45, 2.75) is 43.3 Å². The van der Waals surface area contributed by atoms with Gasteiger partial charge in [0.1, 0.15) is 0 Å². The molecule has 2 N–H and O–H groups in total. The number of fused-ring (bicyclic) bond motifs is 2. The van der Waals surface area contributed by atoms with Crippen LogP contribution in [0, 0.1) is 11.8 Å². The molecule has 4 atom stereocenters. The molecule has 0 saturated carbocycles. The van der Waals surface area contributed by atoms with Crippen LogP contribution in [-0.4, -0.2) is 70.0 Å². The molecule has 162 valence electrons. The summed E-state index contributed by atoms with van der Waals surface area (Å²) in [5.41, 5.74) is 0.800. The molecule has 4 unspecified atom stereocenters. The van der Waals surface area contributed by atoms with E-state index in [1.165, 1.54) is 28.0 Å². The minimum Gasteiger partial charge on any atom is -0.543 e. The van der Waals surface area contributed by atoms with E-state index >= 15 is 0 Å². The Morgan fingerprint density at radius 2 is 2.16 bits per heavy atom. The Labute approximate surface area is 210 Å². The molecule has 2 amide bonds. The second-order valence-corrected chi connectivity index (χ2v) is 10.2. The number of aliphatic hydroxyl groups excluding tert-OH is 1. The number of carboxylic acids is 1. The number of carbonyl (C=O) groups is 3. The average molecular weight is 475 g/mol. The molecular formula is C19H23N4NaO5S2. The molecule has 3 aliphatic rings. The smallest absolute Gasteiger partial charge is 0.543 e. The van der Waals surface area contributed by atoms with Gasteiger partial charge in [0, 0.05) is 35.8 Å². The quantitative estimate of drug-likeness (QED) is 0.317. The fourth-order valence-corrected chi connectivity index (χ4v) is 6.90. The molecule has 0 aromatic carbocycles. The van der Waals surface area contributed by atoms with Gasteiger partial charge in [-0.05, 0) is 13.3 Å². The van der Waals surface area contributed by atoms with Crippen molar-refractivity contribution in [2.75, 3.05) is 20.1 Å². The van der Waals surface area contributed by atoms with E-state index in [1.807, 2.05) is 11.8 Å². The number of carbonyl (C=O) groups excluding carboxylic acids is 3. The third-order valence-corrected chi connectivity index (χ3v) is 8.44. The number of carboxylic acid groups (broad SMARTS) is 1. The number of β-lactam (4-membered cyclic amide) rings is 1. The van der Waals surface area contributed by atoms with E-state index in [2.05, 4.69) is 10.3 Å². The monoisotopic (exact) mass is 474 g/mol. The zero-order valence-corrected chi connectivity index (χ0v) is 21.5. The van der Waals surface area contributed by atoms with E-state index < -0.39 is 18.0 Å². The maximum Gasteiger partial charge on any atom is 1.00 e. The van der Waals surface area contributed by atoms with E-state index in [4.69, 9.17) is 0 Å². The fraction of sp³-hybridized carbons (Fsp3) is 0.579. The molecule has 31 heavy (non-hydrogen) atoms. The van der Waals surface area contributed by atoms with Crippen LogP contribution in [0.1, 0.15) is 24.4 Å². The molecular weight excluding hydrogens is 451 g/mol. The van der Waals surface area contributed by atoms with Crippen LogP contribution < -0.4 is 40.0 Å². The molecule has 1 aromatic rings. The van der Waals surface area contributed by atoms with Crippen molar-refractivity contribution >= 4 is 40.9 Å². The predicted molar refractivity (Wildman–Crippen MR) is 108 cm³/mol. The number of nitrogens with zero attached hydrogens (tertiary/aromatic N) is 3. The maximum absolute atomic E-state index is 12.4. The second-order valence-electron chi connectivity index (χ2n) is 7.84. The molecule has 0 aliphatic carbocycles. The van der Waals surface area contributed by atoms with Crippen molar-refractivity contribution < 1.29 is 54.2 Å². The molecule has 12 heteroatoms. The average Bonchev–Trinajstić information content (AvgIpc) is 3.18. The number of amides is 2. The number of thioether (sulfide) groups is 1. The van der Waals surface area contributed by atoms with Crippen LogP contribution in [-0.2, 0) is 27.3 Å². The number of hydrogen-bond donors (Lipinski definition) is 2. The number of aromatic nitrogens is 1. The molecule has 4 heterocycles. The van der Waals surface area contributed by atoms with Crippen LogP contribution in [0.25, 0.3) is 0 Å². The van der Waals surface area contributed by atoms with Crippen LogP contribution in [0.15, 0.2) is 14.9 Å². The van der Waals surface area contributed by atoms with Gasteiger partial charge < -0.3 is 25.2 Å². The molecule has 3 aliphatic heterocycles. The summed E-state index contributed by atoms with van der Waals surface area (Å²) >= 11 is 2.78. The Morgan fingerprint density at radius 3 is 2.77 bits per heavy atom.